The van der Waals surface area contributed by atoms with Crippen molar-refractivity contribution < 1.29 is 22.4 Å². The van der Waals surface area contributed by atoms with Crippen LogP contribution in [0.1, 0.15) is 68.6 Å². The van der Waals surface area contributed by atoms with E-state index in [2.05, 4.69) is 5.32 Å². The monoisotopic (exact) mass is 669 g/mol. The van der Waals surface area contributed by atoms with Crippen molar-refractivity contribution >= 4 is 27.5 Å². The topological polar surface area (TPSA) is 86.8 Å². The van der Waals surface area contributed by atoms with Crippen molar-refractivity contribution in [2.75, 3.05) is 10.8 Å². The summed E-state index contributed by atoms with van der Waals surface area (Å²) in [6.07, 6.45) is 5.00. The highest BCUT2D eigenvalue weighted by Crippen LogP contribution is 2.27. The molecule has 48 heavy (non-hydrogen) atoms. The maximum Gasteiger partial charge on any atom is 0.264 e. The van der Waals surface area contributed by atoms with Crippen molar-refractivity contribution in [1.29, 1.82) is 0 Å². The maximum absolute atomic E-state index is 15.2. The molecule has 2 amide bonds. The number of benzene rings is 4. The van der Waals surface area contributed by atoms with Crippen LogP contribution in [0.4, 0.5) is 10.1 Å². The molecule has 0 aliphatic heterocycles. The first-order chi connectivity index (χ1) is 23.1. The standard InChI is InChI=1S/C39H44FN3O4S/c1-29(2)31-22-24-34(25-23-31)43(48(46,47)35-19-10-5-11-20-35)28-38(44)42(27-32-16-12-13-21-36(32)40)37(26-30-14-6-3-7-15-30)39(45)41-33-17-8-4-9-18-33/h3,5-7,10-16,19-25,29,33,37H,4,8-9,17-18,26-28H2,1-2H3,(H,41,45)/t37-/m1/s1. The van der Waals surface area contributed by atoms with Gasteiger partial charge in [-0.1, -0.05) is 112 Å². The molecule has 9 heteroatoms. The molecule has 5 rings (SSSR count). The zero-order valence-corrected chi connectivity index (χ0v) is 28.4. The normalized spacial score (nSPS) is 14.3. The first-order valence-corrected chi connectivity index (χ1v) is 18.1. The van der Waals surface area contributed by atoms with Gasteiger partial charge in [0.05, 0.1) is 10.6 Å². The maximum atomic E-state index is 15.2. The van der Waals surface area contributed by atoms with Crippen LogP contribution in [0.25, 0.3) is 0 Å². The molecule has 0 bridgehead atoms. The molecule has 252 valence electrons. The number of carbonyl (C=O) groups excluding carboxylic acids is 2. The highest BCUT2D eigenvalue weighted by molar-refractivity contribution is 7.92. The summed E-state index contributed by atoms with van der Waals surface area (Å²) in [5, 5.41) is 3.17. The lowest BCUT2D eigenvalue weighted by Gasteiger charge is -2.35. The number of amides is 2. The summed E-state index contributed by atoms with van der Waals surface area (Å²) in [5.74, 6) is -1.25. The van der Waals surface area contributed by atoms with E-state index < -0.39 is 34.3 Å². The SMILES string of the molecule is CC(C)c1ccc(N(CC(=O)N(Cc2ccccc2F)[C@H](Cc2ccccc2)C(=O)NC2CCCCC2)S(=O)(=O)c2ccccc2)cc1. The Morgan fingerprint density at radius 1 is 0.812 bits per heavy atom. The quantitative estimate of drug-likeness (QED) is 0.163. The van der Waals surface area contributed by atoms with E-state index in [1.807, 2.05) is 56.3 Å². The minimum absolute atomic E-state index is 0.0237. The number of nitrogens with zero attached hydrogens (tertiary/aromatic N) is 2. The molecule has 0 spiro atoms. The zero-order chi connectivity index (χ0) is 34.1. The minimum Gasteiger partial charge on any atom is -0.352 e. The lowest BCUT2D eigenvalue weighted by atomic mass is 9.94. The van der Waals surface area contributed by atoms with Gasteiger partial charge in [-0.25, -0.2) is 12.8 Å². The number of sulfonamides is 1. The fraction of sp³-hybridized carbons (Fsp3) is 0.333. The summed E-state index contributed by atoms with van der Waals surface area (Å²) in [4.78, 5) is 30.2. The number of anilines is 1. The van der Waals surface area contributed by atoms with E-state index in [9.17, 15) is 18.0 Å². The average Bonchev–Trinajstić information content (AvgIpc) is 3.10. The first-order valence-electron chi connectivity index (χ1n) is 16.7. The Labute approximate surface area is 283 Å². The van der Waals surface area contributed by atoms with Gasteiger partial charge in [-0.2, -0.15) is 0 Å². The van der Waals surface area contributed by atoms with Gasteiger partial charge >= 0.3 is 0 Å². The van der Waals surface area contributed by atoms with Gasteiger partial charge in [0.25, 0.3) is 10.0 Å². The van der Waals surface area contributed by atoms with Crippen molar-refractivity contribution in [3.05, 3.63) is 132 Å². The smallest absolute Gasteiger partial charge is 0.264 e. The van der Waals surface area contributed by atoms with Crippen LogP contribution >= 0.6 is 0 Å². The summed E-state index contributed by atoms with van der Waals surface area (Å²) in [7, 11) is -4.21. The molecule has 1 N–H and O–H groups in total. The third-order valence-electron chi connectivity index (χ3n) is 8.98. The van der Waals surface area contributed by atoms with Gasteiger partial charge < -0.3 is 10.2 Å². The molecule has 0 saturated heterocycles. The average molecular weight is 670 g/mol. The molecule has 1 fully saturated rings. The molecule has 1 atom stereocenters. The summed E-state index contributed by atoms with van der Waals surface area (Å²) in [6, 6.07) is 29.5. The van der Waals surface area contributed by atoms with Crippen LogP contribution < -0.4 is 9.62 Å². The summed E-state index contributed by atoms with van der Waals surface area (Å²) in [5.41, 5.74) is 2.39. The van der Waals surface area contributed by atoms with Crippen molar-refractivity contribution in [3.63, 3.8) is 0 Å². The number of carbonyl (C=O) groups is 2. The second-order valence-electron chi connectivity index (χ2n) is 12.7. The van der Waals surface area contributed by atoms with Crippen LogP contribution in [0.2, 0.25) is 0 Å². The molecule has 1 aliphatic rings. The molecule has 4 aromatic carbocycles. The Kier molecular flexibility index (Phi) is 11.7. The second-order valence-corrected chi connectivity index (χ2v) is 14.6. The summed E-state index contributed by atoms with van der Waals surface area (Å²) in [6.45, 7) is 3.28. The number of hydrogen-bond donors (Lipinski definition) is 1. The van der Waals surface area contributed by atoms with E-state index in [0.29, 0.717) is 5.69 Å². The van der Waals surface area contributed by atoms with Gasteiger partial charge in [-0.3, -0.25) is 13.9 Å². The van der Waals surface area contributed by atoms with Crippen LogP contribution in [0.5, 0.6) is 0 Å². The predicted molar refractivity (Wildman–Crippen MR) is 187 cm³/mol. The highest BCUT2D eigenvalue weighted by atomic mass is 32.2. The third kappa shape index (κ3) is 8.69. The van der Waals surface area contributed by atoms with Crippen molar-refractivity contribution in [1.82, 2.24) is 10.2 Å². The van der Waals surface area contributed by atoms with Gasteiger partial charge in [0.15, 0.2) is 0 Å². The van der Waals surface area contributed by atoms with E-state index in [1.165, 1.54) is 23.1 Å². The number of nitrogens with one attached hydrogen (secondary N) is 1. The van der Waals surface area contributed by atoms with Crippen molar-refractivity contribution in [3.8, 4) is 0 Å². The molecule has 4 aromatic rings. The van der Waals surface area contributed by atoms with Gasteiger partial charge in [0.2, 0.25) is 11.8 Å². The molecule has 0 aromatic heterocycles. The van der Waals surface area contributed by atoms with E-state index >= 15 is 4.39 Å². The van der Waals surface area contributed by atoms with Gasteiger partial charge in [-0.15, -0.1) is 0 Å². The molecule has 0 radical (unpaired) electrons. The number of rotatable bonds is 13. The lowest BCUT2D eigenvalue weighted by molar-refractivity contribution is -0.140. The van der Waals surface area contributed by atoms with Crippen LogP contribution in [0, 0.1) is 5.82 Å². The van der Waals surface area contributed by atoms with Crippen LogP contribution in [0.15, 0.2) is 114 Å². The minimum atomic E-state index is -4.21. The number of halogens is 1. The molecule has 0 heterocycles. The molecular weight excluding hydrogens is 626 g/mol. The van der Waals surface area contributed by atoms with E-state index in [0.717, 1.165) is 47.5 Å². The Bertz CT molecular complexity index is 1760. The van der Waals surface area contributed by atoms with Gasteiger partial charge in [-0.05, 0) is 60.2 Å². The Balaban J connectivity index is 1.57. The molecule has 0 unspecified atom stereocenters. The molecule has 1 saturated carbocycles. The largest absolute Gasteiger partial charge is 0.352 e. The van der Waals surface area contributed by atoms with E-state index in [4.69, 9.17) is 0 Å². The molecule has 7 nitrogen and oxygen atoms in total. The van der Waals surface area contributed by atoms with Crippen LogP contribution in [0.3, 0.4) is 0 Å². The van der Waals surface area contributed by atoms with Crippen molar-refractivity contribution in [2.24, 2.45) is 0 Å². The fourth-order valence-corrected chi connectivity index (χ4v) is 7.62. The van der Waals surface area contributed by atoms with Crippen LogP contribution in [-0.2, 0) is 32.6 Å². The Hall–Kier alpha value is -4.50. The predicted octanol–water partition coefficient (Wildman–Crippen LogP) is 7.23. The molecular formula is C39H44FN3O4S. The third-order valence-corrected chi connectivity index (χ3v) is 10.8. The first kappa shape index (κ1) is 34.8. The second kappa shape index (κ2) is 16.1. The Morgan fingerprint density at radius 3 is 2.04 bits per heavy atom. The highest BCUT2D eigenvalue weighted by Gasteiger charge is 2.35. The van der Waals surface area contributed by atoms with Crippen LogP contribution in [-0.4, -0.2) is 43.8 Å². The summed E-state index contributed by atoms with van der Waals surface area (Å²) >= 11 is 0. The molecule has 1 aliphatic carbocycles. The Morgan fingerprint density at radius 2 is 1.42 bits per heavy atom. The lowest BCUT2D eigenvalue weighted by Crippen LogP contribution is -2.55. The fourth-order valence-electron chi connectivity index (χ4n) is 6.18. The van der Waals surface area contributed by atoms with Gasteiger partial charge in [0, 0.05) is 24.6 Å². The van der Waals surface area contributed by atoms with Gasteiger partial charge in [0.1, 0.15) is 18.4 Å². The number of hydrogen-bond acceptors (Lipinski definition) is 4. The van der Waals surface area contributed by atoms with Crippen molar-refractivity contribution in [2.45, 2.75) is 81.8 Å². The zero-order valence-electron chi connectivity index (χ0n) is 27.6. The summed E-state index contributed by atoms with van der Waals surface area (Å²) < 4.78 is 44.6. The van der Waals surface area contributed by atoms with E-state index in [-0.39, 0.29) is 41.3 Å². The van der Waals surface area contributed by atoms with E-state index in [1.54, 1.807) is 48.5 Å².